The zero-order valence-electron chi connectivity index (χ0n) is 12.1. The molecule has 0 heterocycles. The Bertz CT molecular complexity index is 557. The molecule has 0 aliphatic carbocycles. The Morgan fingerprint density at radius 1 is 1.29 bits per heavy atom. The van der Waals surface area contributed by atoms with Gasteiger partial charge in [0.25, 0.3) is 5.91 Å². The molecule has 0 fully saturated rings. The molecular formula is C14H20N4O3. The lowest BCUT2D eigenvalue weighted by Crippen LogP contribution is -2.39. The van der Waals surface area contributed by atoms with Crippen molar-refractivity contribution in [2.45, 2.75) is 26.3 Å². The average Bonchev–Trinajstić information content (AvgIpc) is 2.40. The lowest BCUT2D eigenvalue weighted by Gasteiger charge is -2.13. The van der Waals surface area contributed by atoms with Crippen molar-refractivity contribution in [3.63, 3.8) is 0 Å². The molecule has 3 amide bonds. The molecule has 0 aliphatic rings. The fraction of sp³-hybridized carbons (Fsp3) is 0.357. The molecular weight excluding hydrogens is 272 g/mol. The third kappa shape index (κ3) is 4.88. The minimum atomic E-state index is -1.02. The third-order valence-corrected chi connectivity index (χ3v) is 2.85. The van der Waals surface area contributed by atoms with E-state index >= 15 is 0 Å². The first-order chi connectivity index (χ1) is 9.85. The summed E-state index contributed by atoms with van der Waals surface area (Å²) in [5, 5.41) is 5.27. The Morgan fingerprint density at radius 3 is 2.52 bits per heavy atom. The maximum absolute atomic E-state index is 11.9. The van der Waals surface area contributed by atoms with Crippen LogP contribution in [0.2, 0.25) is 0 Å². The predicted octanol–water partition coefficient (Wildman–Crippen LogP) is -0.114. The van der Waals surface area contributed by atoms with Crippen LogP contribution in [0.5, 0.6) is 0 Å². The lowest BCUT2D eigenvalue weighted by atomic mass is 10.1. The van der Waals surface area contributed by atoms with Gasteiger partial charge < -0.3 is 22.1 Å². The van der Waals surface area contributed by atoms with E-state index in [1.165, 1.54) is 0 Å². The topological polar surface area (TPSA) is 127 Å². The van der Waals surface area contributed by atoms with Gasteiger partial charge in [0.15, 0.2) is 0 Å². The van der Waals surface area contributed by atoms with Crippen LogP contribution in [-0.4, -0.2) is 30.3 Å². The standard InChI is InChI=1S/C14H20N4O3/c1-3-17-13(20)9-5-4-8(2)11(6-9)18-14(21)10(15)7-12(16)19/h4-6,10H,3,7,15H2,1-2H3,(H2,16,19)(H,17,20)(H,18,21). The predicted molar refractivity (Wildman–Crippen MR) is 79.6 cm³/mol. The monoisotopic (exact) mass is 292 g/mol. The largest absolute Gasteiger partial charge is 0.370 e. The van der Waals surface area contributed by atoms with Crippen LogP contribution in [0.25, 0.3) is 0 Å². The van der Waals surface area contributed by atoms with Gasteiger partial charge in [-0.15, -0.1) is 0 Å². The van der Waals surface area contributed by atoms with Crippen molar-refractivity contribution in [2.75, 3.05) is 11.9 Å². The molecule has 1 aromatic rings. The molecule has 1 aromatic carbocycles. The van der Waals surface area contributed by atoms with Crippen molar-refractivity contribution < 1.29 is 14.4 Å². The Labute approximate surface area is 123 Å². The summed E-state index contributed by atoms with van der Waals surface area (Å²) in [6.07, 6.45) is -0.235. The van der Waals surface area contributed by atoms with Crippen molar-refractivity contribution in [3.8, 4) is 0 Å². The van der Waals surface area contributed by atoms with E-state index in [0.29, 0.717) is 17.8 Å². The summed E-state index contributed by atoms with van der Waals surface area (Å²) >= 11 is 0. The van der Waals surface area contributed by atoms with E-state index in [-0.39, 0.29) is 12.3 Å². The molecule has 0 saturated heterocycles. The Hall–Kier alpha value is -2.41. The summed E-state index contributed by atoms with van der Waals surface area (Å²) in [4.78, 5) is 34.4. The Kier molecular flexibility index (Phi) is 5.86. The number of primary amides is 1. The quantitative estimate of drug-likeness (QED) is 0.583. The molecule has 6 N–H and O–H groups in total. The van der Waals surface area contributed by atoms with Gasteiger partial charge in [0, 0.05) is 17.8 Å². The zero-order valence-corrected chi connectivity index (χ0v) is 12.1. The summed E-state index contributed by atoms with van der Waals surface area (Å²) in [6, 6.07) is 3.93. The molecule has 1 rings (SSSR count). The van der Waals surface area contributed by atoms with Gasteiger partial charge >= 0.3 is 0 Å². The molecule has 1 unspecified atom stereocenters. The molecule has 7 heteroatoms. The van der Waals surface area contributed by atoms with Gasteiger partial charge in [0.2, 0.25) is 11.8 Å². The van der Waals surface area contributed by atoms with Gasteiger partial charge in [-0.05, 0) is 31.5 Å². The Morgan fingerprint density at radius 2 is 1.95 bits per heavy atom. The van der Waals surface area contributed by atoms with Crippen LogP contribution in [0.15, 0.2) is 18.2 Å². The van der Waals surface area contributed by atoms with Crippen molar-refractivity contribution in [1.82, 2.24) is 5.32 Å². The van der Waals surface area contributed by atoms with Crippen molar-refractivity contribution >= 4 is 23.4 Å². The number of carbonyl (C=O) groups excluding carboxylic acids is 3. The fourth-order valence-electron chi connectivity index (χ4n) is 1.70. The third-order valence-electron chi connectivity index (χ3n) is 2.85. The first-order valence-corrected chi connectivity index (χ1v) is 6.58. The molecule has 0 spiro atoms. The van der Waals surface area contributed by atoms with Gasteiger partial charge in [-0.25, -0.2) is 0 Å². The van der Waals surface area contributed by atoms with Gasteiger partial charge in [-0.1, -0.05) is 6.07 Å². The number of amides is 3. The number of nitrogens with two attached hydrogens (primary N) is 2. The second-order valence-corrected chi connectivity index (χ2v) is 4.66. The van der Waals surface area contributed by atoms with E-state index in [4.69, 9.17) is 11.5 Å². The first kappa shape index (κ1) is 16.6. The van der Waals surface area contributed by atoms with Gasteiger partial charge in [-0.2, -0.15) is 0 Å². The maximum Gasteiger partial charge on any atom is 0.251 e. The number of benzene rings is 1. The summed E-state index contributed by atoms with van der Waals surface area (Å²) < 4.78 is 0. The van der Waals surface area contributed by atoms with Crippen molar-refractivity contribution in [3.05, 3.63) is 29.3 Å². The summed E-state index contributed by atoms with van der Waals surface area (Å²) in [5.74, 6) is -1.40. The van der Waals surface area contributed by atoms with E-state index in [1.807, 2.05) is 6.92 Å². The molecule has 21 heavy (non-hydrogen) atoms. The molecule has 114 valence electrons. The summed E-state index contributed by atoms with van der Waals surface area (Å²) in [5.41, 5.74) is 12.3. The molecule has 0 aromatic heterocycles. The number of rotatable bonds is 6. The minimum Gasteiger partial charge on any atom is -0.370 e. The molecule has 0 bridgehead atoms. The smallest absolute Gasteiger partial charge is 0.251 e. The fourth-order valence-corrected chi connectivity index (χ4v) is 1.70. The minimum absolute atomic E-state index is 0.227. The van der Waals surface area contributed by atoms with E-state index in [1.54, 1.807) is 25.1 Å². The van der Waals surface area contributed by atoms with Crippen molar-refractivity contribution in [1.29, 1.82) is 0 Å². The number of anilines is 1. The number of carbonyl (C=O) groups is 3. The second kappa shape index (κ2) is 7.39. The van der Waals surface area contributed by atoms with Crippen molar-refractivity contribution in [2.24, 2.45) is 11.5 Å². The maximum atomic E-state index is 11.9. The Balaban J connectivity index is 2.87. The summed E-state index contributed by atoms with van der Waals surface area (Å²) in [6.45, 7) is 4.12. The van der Waals surface area contributed by atoms with Crippen LogP contribution >= 0.6 is 0 Å². The van der Waals surface area contributed by atoms with Crippen LogP contribution < -0.4 is 22.1 Å². The van der Waals surface area contributed by atoms with E-state index in [0.717, 1.165) is 5.56 Å². The lowest BCUT2D eigenvalue weighted by molar-refractivity contribution is -0.123. The highest BCUT2D eigenvalue weighted by Crippen LogP contribution is 2.17. The van der Waals surface area contributed by atoms with E-state index < -0.39 is 17.9 Å². The van der Waals surface area contributed by atoms with E-state index in [9.17, 15) is 14.4 Å². The van der Waals surface area contributed by atoms with Gasteiger partial charge in [0.1, 0.15) is 0 Å². The SMILES string of the molecule is CCNC(=O)c1ccc(C)c(NC(=O)C(N)CC(N)=O)c1. The highest BCUT2D eigenvalue weighted by Gasteiger charge is 2.17. The number of hydrogen-bond acceptors (Lipinski definition) is 4. The highest BCUT2D eigenvalue weighted by molar-refractivity contribution is 6.00. The second-order valence-electron chi connectivity index (χ2n) is 4.66. The number of hydrogen-bond donors (Lipinski definition) is 4. The molecule has 0 radical (unpaired) electrons. The van der Waals surface area contributed by atoms with Gasteiger partial charge in [0.05, 0.1) is 12.5 Å². The first-order valence-electron chi connectivity index (χ1n) is 6.58. The number of nitrogens with one attached hydrogen (secondary N) is 2. The molecule has 0 saturated carbocycles. The molecule has 7 nitrogen and oxygen atoms in total. The highest BCUT2D eigenvalue weighted by atomic mass is 16.2. The average molecular weight is 292 g/mol. The zero-order chi connectivity index (χ0) is 16.0. The number of aryl methyl sites for hydroxylation is 1. The van der Waals surface area contributed by atoms with Crippen LogP contribution in [-0.2, 0) is 9.59 Å². The van der Waals surface area contributed by atoms with Crippen LogP contribution in [0, 0.1) is 6.92 Å². The summed E-state index contributed by atoms with van der Waals surface area (Å²) in [7, 11) is 0. The normalized spacial score (nSPS) is 11.6. The van der Waals surface area contributed by atoms with Gasteiger partial charge in [-0.3, -0.25) is 14.4 Å². The van der Waals surface area contributed by atoms with Crippen LogP contribution in [0.3, 0.4) is 0 Å². The molecule has 1 atom stereocenters. The van der Waals surface area contributed by atoms with Crippen LogP contribution in [0.1, 0.15) is 29.3 Å². The van der Waals surface area contributed by atoms with E-state index in [2.05, 4.69) is 10.6 Å². The molecule has 0 aliphatic heterocycles. The van der Waals surface area contributed by atoms with Crippen LogP contribution in [0.4, 0.5) is 5.69 Å².